The molecule has 0 saturated heterocycles. The summed E-state index contributed by atoms with van der Waals surface area (Å²) in [4.78, 5) is 11.5. The first-order valence-corrected chi connectivity index (χ1v) is 7.89. The summed E-state index contributed by atoms with van der Waals surface area (Å²) >= 11 is 3.26. The number of amides is 1. The topological polar surface area (TPSA) is 29.1 Å². The van der Waals surface area contributed by atoms with E-state index in [9.17, 15) is 4.79 Å². The Morgan fingerprint density at radius 2 is 1.50 bits per heavy atom. The number of benzene rings is 2. The van der Waals surface area contributed by atoms with Gasteiger partial charge < -0.3 is 5.32 Å². The third kappa shape index (κ3) is 4.82. The molecule has 1 N–H and O–H groups in total. The zero-order valence-electron chi connectivity index (χ0n) is 11.3. The van der Waals surface area contributed by atoms with Gasteiger partial charge in [-0.2, -0.15) is 0 Å². The van der Waals surface area contributed by atoms with E-state index in [1.165, 1.54) is 11.1 Å². The molecule has 2 nitrogen and oxygen atoms in total. The highest BCUT2D eigenvalue weighted by Gasteiger charge is 2.01. The second-order valence-corrected chi connectivity index (χ2v) is 5.46. The molecule has 2 aromatic rings. The Hall–Kier alpha value is -1.61. The number of hydrogen-bond acceptors (Lipinski definition) is 1. The minimum atomic E-state index is 0.0407. The molecule has 0 aromatic heterocycles. The summed E-state index contributed by atoms with van der Waals surface area (Å²) in [6.07, 6.45) is 2.55. The Kier molecular flexibility index (Phi) is 5.81. The predicted octanol–water partition coefficient (Wildman–Crippen LogP) is 4.20. The largest absolute Gasteiger partial charge is 0.326 e. The van der Waals surface area contributed by atoms with E-state index < -0.39 is 0 Å². The van der Waals surface area contributed by atoms with Gasteiger partial charge in [-0.15, -0.1) is 0 Å². The van der Waals surface area contributed by atoms with Gasteiger partial charge in [-0.25, -0.2) is 0 Å². The smallest absolute Gasteiger partial charge is 0.225 e. The van der Waals surface area contributed by atoms with Crippen molar-refractivity contribution in [3.63, 3.8) is 0 Å². The lowest BCUT2D eigenvalue weighted by Crippen LogP contribution is -2.11. The van der Waals surface area contributed by atoms with Crippen molar-refractivity contribution in [3.8, 4) is 0 Å². The monoisotopic (exact) mass is 331 g/mol. The van der Waals surface area contributed by atoms with Gasteiger partial charge in [0.15, 0.2) is 0 Å². The van der Waals surface area contributed by atoms with Gasteiger partial charge >= 0.3 is 0 Å². The summed E-state index contributed by atoms with van der Waals surface area (Å²) in [5, 5.41) is 3.56. The van der Waals surface area contributed by atoms with Crippen molar-refractivity contribution in [2.45, 2.75) is 19.3 Å². The molecule has 0 heterocycles. The number of carbonyl (C=O) groups excluding carboxylic acids is 1. The highest BCUT2D eigenvalue weighted by molar-refractivity contribution is 9.09. The van der Waals surface area contributed by atoms with Crippen molar-refractivity contribution in [3.05, 3.63) is 65.7 Å². The molecule has 2 aromatic carbocycles. The standard InChI is InChI=1S/C17H18BrNO/c18-13-12-17(20)19-16-10-8-15(9-11-16)7-6-14-4-2-1-3-5-14/h1-5,8-11H,6-7,12-13H2,(H,19,20). The Bertz CT molecular complexity index is 537. The summed E-state index contributed by atoms with van der Waals surface area (Å²) in [7, 11) is 0. The molecule has 3 heteroatoms. The zero-order chi connectivity index (χ0) is 14.2. The van der Waals surface area contributed by atoms with Crippen LogP contribution in [0.2, 0.25) is 0 Å². The average Bonchev–Trinajstić information content (AvgIpc) is 2.48. The molecule has 0 bridgehead atoms. The molecule has 20 heavy (non-hydrogen) atoms. The summed E-state index contributed by atoms with van der Waals surface area (Å²) in [5.41, 5.74) is 3.49. The van der Waals surface area contributed by atoms with Crippen molar-refractivity contribution >= 4 is 27.5 Å². The lowest BCUT2D eigenvalue weighted by Gasteiger charge is -2.06. The molecule has 0 aliphatic carbocycles. The van der Waals surface area contributed by atoms with Crippen molar-refractivity contribution in [1.82, 2.24) is 0 Å². The van der Waals surface area contributed by atoms with Crippen LogP contribution in [0.5, 0.6) is 0 Å². The number of hydrogen-bond donors (Lipinski definition) is 1. The first-order chi connectivity index (χ1) is 9.78. The molecule has 0 unspecified atom stereocenters. The maximum absolute atomic E-state index is 11.5. The fourth-order valence-corrected chi connectivity index (χ4v) is 2.36. The summed E-state index contributed by atoms with van der Waals surface area (Å²) in [5.74, 6) is 0.0407. The minimum Gasteiger partial charge on any atom is -0.326 e. The molecule has 0 fully saturated rings. The normalized spacial score (nSPS) is 10.2. The SMILES string of the molecule is O=C(CCBr)Nc1ccc(CCc2ccccc2)cc1. The van der Waals surface area contributed by atoms with E-state index in [2.05, 4.69) is 57.6 Å². The Morgan fingerprint density at radius 1 is 0.900 bits per heavy atom. The number of carbonyl (C=O) groups is 1. The van der Waals surface area contributed by atoms with Gasteiger partial charge in [0.05, 0.1) is 0 Å². The first kappa shape index (κ1) is 14.8. The van der Waals surface area contributed by atoms with Crippen LogP contribution in [0.1, 0.15) is 17.5 Å². The van der Waals surface area contributed by atoms with Crippen LogP contribution in [0.15, 0.2) is 54.6 Å². The van der Waals surface area contributed by atoms with Crippen LogP contribution in [0.25, 0.3) is 0 Å². The summed E-state index contributed by atoms with van der Waals surface area (Å²) < 4.78 is 0. The van der Waals surface area contributed by atoms with Crippen LogP contribution in [0, 0.1) is 0 Å². The van der Waals surface area contributed by atoms with Crippen molar-refractivity contribution in [1.29, 1.82) is 0 Å². The van der Waals surface area contributed by atoms with E-state index in [0.29, 0.717) is 11.8 Å². The fraction of sp³-hybridized carbons (Fsp3) is 0.235. The van der Waals surface area contributed by atoms with Crippen LogP contribution in [0.3, 0.4) is 0 Å². The van der Waals surface area contributed by atoms with Gasteiger partial charge in [0, 0.05) is 17.4 Å². The van der Waals surface area contributed by atoms with Crippen LogP contribution in [0.4, 0.5) is 5.69 Å². The van der Waals surface area contributed by atoms with Crippen LogP contribution in [-0.2, 0) is 17.6 Å². The van der Waals surface area contributed by atoms with Crippen LogP contribution < -0.4 is 5.32 Å². The Morgan fingerprint density at radius 3 is 2.10 bits per heavy atom. The van der Waals surface area contributed by atoms with E-state index in [-0.39, 0.29) is 5.91 Å². The summed E-state index contributed by atoms with van der Waals surface area (Å²) in [6.45, 7) is 0. The van der Waals surface area contributed by atoms with Crippen LogP contribution >= 0.6 is 15.9 Å². The average molecular weight is 332 g/mol. The molecule has 0 aliphatic rings. The molecule has 0 spiro atoms. The van der Waals surface area contributed by atoms with E-state index in [4.69, 9.17) is 0 Å². The zero-order valence-corrected chi connectivity index (χ0v) is 12.9. The minimum absolute atomic E-state index is 0.0407. The maximum atomic E-state index is 11.5. The van der Waals surface area contributed by atoms with Crippen molar-refractivity contribution in [2.24, 2.45) is 0 Å². The van der Waals surface area contributed by atoms with E-state index in [1.54, 1.807) is 0 Å². The number of rotatable bonds is 6. The molecule has 1 amide bonds. The van der Waals surface area contributed by atoms with Gasteiger partial charge in [-0.3, -0.25) is 4.79 Å². The van der Waals surface area contributed by atoms with Gasteiger partial charge in [0.2, 0.25) is 5.91 Å². The molecule has 0 aliphatic heterocycles. The Balaban J connectivity index is 1.87. The molecule has 0 saturated carbocycles. The lowest BCUT2D eigenvalue weighted by atomic mass is 10.0. The maximum Gasteiger partial charge on any atom is 0.225 e. The second kappa shape index (κ2) is 7.85. The molecule has 104 valence electrons. The first-order valence-electron chi connectivity index (χ1n) is 6.76. The van der Waals surface area contributed by atoms with Gasteiger partial charge in [0.25, 0.3) is 0 Å². The summed E-state index contributed by atoms with van der Waals surface area (Å²) in [6, 6.07) is 18.5. The fourth-order valence-electron chi connectivity index (χ4n) is 2.00. The number of halogens is 1. The molecular weight excluding hydrogens is 314 g/mol. The Labute approximate surface area is 128 Å². The number of alkyl halides is 1. The quantitative estimate of drug-likeness (QED) is 0.790. The van der Waals surface area contributed by atoms with Gasteiger partial charge in [0.1, 0.15) is 0 Å². The highest BCUT2D eigenvalue weighted by atomic mass is 79.9. The number of aryl methyl sites for hydroxylation is 2. The molecule has 0 atom stereocenters. The van der Waals surface area contributed by atoms with Crippen molar-refractivity contribution in [2.75, 3.05) is 10.6 Å². The molecule has 0 radical (unpaired) electrons. The molecule has 2 rings (SSSR count). The molecular formula is C17H18BrNO. The third-order valence-electron chi connectivity index (χ3n) is 3.10. The third-order valence-corrected chi connectivity index (χ3v) is 3.50. The highest BCUT2D eigenvalue weighted by Crippen LogP contribution is 2.12. The van der Waals surface area contributed by atoms with Gasteiger partial charge in [-0.05, 0) is 36.1 Å². The lowest BCUT2D eigenvalue weighted by molar-refractivity contribution is -0.115. The number of anilines is 1. The predicted molar refractivity (Wildman–Crippen MR) is 87.3 cm³/mol. The van der Waals surface area contributed by atoms with E-state index in [0.717, 1.165) is 18.5 Å². The second-order valence-electron chi connectivity index (χ2n) is 4.67. The van der Waals surface area contributed by atoms with Crippen LogP contribution in [-0.4, -0.2) is 11.2 Å². The van der Waals surface area contributed by atoms with E-state index in [1.807, 2.05) is 18.2 Å². The van der Waals surface area contributed by atoms with Crippen molar-refractivity contribution < 1.29 is 4.79 Å². The van der Waals surface area contributed by atoms with Gasteiger partial charge in [-0.1, -0.05) is 58.4 Å². The number of nitrogens with one attached hydrogen (secondary N) is 1. The van der Waals surface area contributed by atoms with E-state index >= 15 is 0 Å².